The Hall–Kier alpha value is -1.71. The summed E-state index contributed by atoms with van der Waals surface area (Å²) >= 11 is 0. The fourth-order valence-corrected chi connectivity index (χ4v) is 2.11. The largest absolute Gasteiger partial charge is 0.497 e. The van der Waals surface area contributed by atoms with Crippen molar-refractivity contribution >= 4 is 5.91 Å². The molecule has 0 atom stereocenters. The Balaban J connectivity index is 1.81. The zero-order valence-corrected chi connectivity index (χ0v) is 12.3. The first-order valence-electron chi connectivity index (χ1n) is 7.27. The number of benzene rings is 1. The molecule has 1 fully saturated rings. The van der Waals surface area contributed by atoms with E-state index in [2.05, 4.69) is 6.92 Å². The molecule has 0 radical (unpaired) electrons. The van der Waals surface area contributed by atoms with E-state index in [9.17, 15) is 4.79 Å². The van der Waals surface area contributed by atoms with E-state index in [0.717, 1.165) is 25.3 Å². The first-order chi connectivity index (χ1) is 9.72. The minimum absolute atomic E-state index is 0.0783. The smallest absolute Gasteiger partial charge is 0.260 e. The lowest BCUT2D eigenvalue weighted by Gasteiger charge is -2.22. The van der Waals surface area contributed by atoms with Gasteiger partial charge in [-0.2, -0.15) is 0 Å². The number of amides is 1. The van der Waals surface area contributed by atoms with Crippen LogP contribution in [0.2, 0.25) is 0 Å². The van der Waals surface area contributed by atoms with Crippen molar-refractivity contribution in [1.29, 1.82) is 0 Å². The predicted molar refractivity (Wildman–Crippen MR) is 78.1 cm³/mol. The Morgan fingerprint density at radius 2 is 1.90 bits per heavy atom. The van der Waals surface area contributed by atoms with E-state index in [0.29, 0.717) is 11.7 Å². The highest BCUT2D eigenvalue weighted by atomic mass is 16.5. The maximum atomic E-state index is 12.2. The Morgan fingerprint density at radius 1 is 1.25 bits per heavy atom. The first-order valence-corrected chi connectivity index (χ1v) is 7.27. The molecule has 20 heavy (non-hydrogen) atoms. The molecular weight excluding hydrogens is 254 g/mol. The van der Waals surface area contributed by atoms with Crippen LogP contribution in [0.1, 0.15) is 26.2 Å². The van der Waals surface area contributed by atoms with Crippen LogP contribution in [-0.2, 0) is 4.79 Å². The average Bonchev–Trinajstić information content (AvgIpc) is 3.29. The standard InChI is InChI=1S/C16H23NO3/c1-3-10-17(11-13-4-5-13)16(18)12-20-15-8-6-14(19-2)7-9-15/h6-9,13H,3-5,10-12H2,1-2H3. The third-order valence-corrected chi connectivity index (χ3v) is 3.44. The lowest BCUT2D eigenvalue weighted by molar-refractivity contribution is -0.133. The number of carbonyl (C=O) groups excluding carboxylic acids is 1. The van der Waals surface area contributed by atoms with Crippen LogP contribution < -0.4 is 9.47 Å². The third-order valence-electron chi connectivity index (χ3n) is 3.44. The normalized spacial score (nSPS) is 13.9. The zero-order chi connectivity index (χ0) is 14.4. The molecule has 1 aliphatic rings. The second-order valence-corrected chi connectivity index (χ2v) is 5.25. The number of ether oxygens (including phenoxy) is 2. The number of methoxy groups -OCH3 is 1. The van der Waals surface area contributed by atoms with Crippen LogP contribution in [0.25, 0.3) is 0 Å². The van der Waals surface area contributed by atoms with Gasteiger partial charge in [0.1, 0.15) is 11.5 Å². The van der Waals surface area contributed by atoms with Gasteiger partial charge in [0.25, 0.3) is 5.91 Å². The van der Waals surface area contributed by atoms with Gasteiger partial charge in [0, 0.05) is 13.1 Å². The maximum Gasteiger partial charge on any atom is 0.260 e. The van der Waals surface area contributed by atoms with Gasteiger partial charge in [-0.25, -0.2) is 0 Å². The van der Waals surface area contributed by atoms with Gasteiger partial charge in [0.2, 0.25) is 0 Å². The van der Waals surface area contributed by atoms with Gasteiger partial charge in [0.15, 0.2) is 6.61 Å². The second kappa shape index (κ2) is 7.17. The monoisotopic (exact) mass is 277 g/mol. The van der Waals surface area contributed by atoms with Gasteiger partial charge in [-0.1, -0.05) is 6.92 Å². The molecule has 1 aromatic rings. The van der Waals surface area contributed by atoms with Gasteiger partial charge >= 0.3 is 0 Å². The summed E-state index contributed by atoms with van der Waals surface area (Å²) in [5.41, 5.74) is 0. The molecule has 0 aliphatic heterocycles. The van der Waals surface area contributed by atoms with Crippen LogP contribution in [0.5, 0.6) is 11.5 Å². The Kier molecular flexibility index (Phi) is 5.27. The molecular formula is C16H23NO3. The Labute approximate surface area is 120 Å². The van der Waals surface area contributed by atoms with Crippen LogP contribution in [0, 0.1) is 5.92 Å². The molecule has 4 heteroatoms. The van der Waals surface area contributed by atoms with E-state index in [1.54, 1.807) is 7.11 Å². The molecule has 1 aliphatic carbocycles. The van der Waals surface area contributed by atoms with E-state index in [4.69, 9.17) is 9.47 Å². The van der Waals surface area contributed by atoms with Gasteiger partial charge in [-0.3, -0.25) is 4.79 Å². The molecule has 0 bridgehead atoms. The summed E-state index contributed by atoms with van der Waals surface area (Å²) in [6.07, 6.45) is 3.50. The molecule has 110 valence electrons. The van der Waals surface area contributed by atoms with Crippen molar-refractivity contribution in [3.8, 4) is 11.5 Å². The molecule has 2 rings (SSSR count). The topological polar surface area (TPSA) is 38.8 Å². The van der Waals surface area contributed by atoms with Crippen molar-refractivity contribution in [3.63, 3.8) is 0 Å². The van der Waals surface area contributed by atoms with E-state index in [1.165, 1.54) is 12.8 Å². The highest BCUT2D eigenvalue weighted by molar-refractivity contribution is 5.77. The van der Waals surface area contributed by atoms with Crippen molar-refractivity contribution in [1.82, 2.24) is 4.90 Å². The molecule has 0 unspecified atom stereocenters. The van der Waals surface area contributed by atoms with Gasteiger partial charge < -0.3 is 14.4 Å². The van der Waals surface area contributed by atoms with Crippen LogP contribution in [0.4, 0.5) is 0 Å². The molecule has 0 aromatic heterocycles. The highest BCUT2D eigenvalue weighted by Crippen LogP contribution is 2.29. The predicted octanol–water partition coefficient (Wildman–Crippen LogP) is 2.72. The quantitative estimate of drug-likeness (QED) is 0.733. The molecule has 0 N–H and O–H groups in total. The van der Waals surface area contributed by atoms with Crippen molar-refractivity contribution in [3.05, 3.63) is 24.3 Å². The molecule has 0 spiro atoms. The fraction of sp³-hybridized carbons (Fsp3) is 0.562. The van der Waals surface area contributed by atoms with Crippen molar-refractivity contribution in [2.45, 2.75) is 26.2 Å². The van der Waals surface area contributed by atoms with Crippen LogP contribution in [-0.4, -0.2) is 37.6 Å². The Bertz CT molecular complexity index is 426. The summed E-state index contributed by atoms with van der Waals surface area (Å²) < 4.78 is 10.6. The van der Waals surface area contributed by atoms with Crippen molar-refractivity contribution in [2.75, 3.05) is 26.8 Å². The fourth-order valence-electron chi connectivity index (χ4n) is 2.11. The minimum Gasteiger partial charge on any atom is -0.497 e. The van der Waals surface area contributed by atoms with E-state index in [1.807, 2.05) is 29.2 Å². The molecule has 0 saturated heterocycles. The van der Waals surface area contributed by atoms with Crippen LogP contribution >= 0.6 is 0 Å². The van der Waals surface area contributed by atoms with Crippen LogP contribution in [0.3, 0.4) is 0 Å². The zero-order valence-electron chi connectivity index (χ0n) is 12.3. The van der Waals surface area contributed by atoms with Gasteiger partial charge in [-0.05, 0) is 49.4 Å². The number of hydrogen-bond acceptors (Lipinski definition) is 3. The summed E-state index contributed by atoms with van der Waals surface area (Å²) in [5, 5.41) is 0. The van der Waals surface area contributed by atoms with Crippen LogP contribution in [0.15, 0.2) is 24.3 Å². The highest BCUT2D eigenvalue weighted by Gasteiger charge is 2.26. The summed E-state index contributed by atoms with van der Waals surface area (Å²) in [4.78, 5) is 14.1. The van der Waals surface area contributed by atoms with Crippen molar-refractivity contribution in [2.24, 2.45) is 5.92 Å². The molecule has 1 saturated carbocycles. The number of rotatable bonds is 8. The minimum atomic E-state index is 0.0783. The summed E-state index contributed by atoms with van der Waals surface area (Å²) in [6.45, 7) is 3.91. The second-order valence-electron chi connectivity index (χ2n) is 5.25. The van der Waals surface area contributed by atoms with E-state index in [-0.39, 0.29) is 12.5 Å². The summed E-state index contributed by atoms with van der Waals surface area (Å²) in [6, 6.07) is 7.29. The maximum absolute atomic E-state index is 12.2. The Morgan fingerprint density at radius 3 is 2.45 bits per heavy atom. The molecule has 1 aromatic carbocycles. The van der Waals surface area contributed by atoms with E-state index >= 15 is 0 Å². The molecule has 4 nitrogen and oxygen atoms in total. The summed E-state index contributed by atoms with van der Waals surface area (Å²) in [5.74, 6) is 2.27. The first kappa shape index (κ1) is 14.7. The molecule has 1 amide bonds. The lowest BCUT2D eigenvalue weighted by Crippen LogP contribution is -2.37. The molecule has 0 heterocycles. The number of hydrogen-bond donors (Lipinski definition) is 0. The van der Waals surface area contributed by atoms with Gasteiger partial charge in [-0.15, -0.1) is 0 Å². The van der Waals surface area contributed by atoms with Crippen molar-refractivity contribution < 1.29 is 14.3 Å². The number of nitrogens with zero attached hydrogens (tertiary/aromatic N) is 1. The number of carbonyl (C=O) groups is 1. The SMILES string of the molecule is CCCN(CC1CC1)C(=O)COc1ccc(OC)cc1. The average molecular weight is 277 g/mol. The lowest BCUT2D eigenvalue weighted by atomic mass is 10.3. The third kappa shape index (κ3) is 4.44. The van der Waals surface area contributed by atoms with E-state index < -0.39 is 0 Å². The summed E-state index contributed by atoms with van der Waals surface area (Å²) in [7, 11) is 1.62. The van der Waals surface area contributed by atoms with Gasteiger partial charge in [0.05, 0.1) is 7.11 Å².